The summed E-state index contributed by atoms with van der Waals surface area (Å²) in [6.45, 7) is 10.3. The minimum atomic E-state index is -0.393. The van der Waals surface area contributed by atoms with E-state index in [4.69, 9.17) is 14.3 Å². The number of rotatable bonds is 8. The summed E-state index contributed by atoms with van der Waals surface area (Å²) in [4.78, 5) is 12.7. The third kappa shape index (κ3) is 4.17. The van der Waals surface area contributed by atoms with Crippen LogP contribution in [0.4, 0.5) is 0 Å². The normalized spacial score (nSPS) is 32.1. The van der Waals surface area contributed by atoms with Crippen LogP contribution in [0.2, 0.25) is 0 Å². The van der Waals surface area contributed by atoms with Crippen molar-refractivity contribution in [3.8, 4) is 0 Å². The average Bonchev–Trinajstić information content (AvgIpc) is 3.14. The quantitative estimate of drug-likeness (QED) is 0.386. The number of methoxy groups -OCH3 is 1. The van der Waals surface area contributed by atoms with Gasteiger partial charge in [-0.1, -0.05) is 25.5 Å². The van der Waals surface area contributed by atoms with E-state index >= 15 is 0 Å². The number of nitrogens with one attached hydrogen (secondary N) is 1. The summed E-state index contributed by atoms with van der Waals surface area (Å²) in [7, 11) is 1.52. The molecule has 0 bridgehead atoms. The maximum atomic E-state index is 12.7. The molecule has 162 valence electrons. The second-order valence-electron chi connectivity index (χ2n) is 9.38. The largest absolute Gasteiger partial charge is 0.469 e. The first-order valence-corrected chi connectivity index (χ1v) is 11.0. The second-order valence-corrected chi connectivity index (χ2v) is 9.38. The lowest BCUT2D eigenvalue weighted by Gasteiger charge is -2.57. The summed E-state index contributed by atoms with van der Waals surface area (Å²) in [5, 5.41) is 12.2. The van der Waals surface area contributed by atoms with Gasteiger partial charge in [0.15, 0.2) is 0 Å². The maximum absolute atomic E-state index is 12.7. The average molecular weight is 404 g/mol. The first kappa shape index (κ1) is 22.1. The fourth-order valence-corrected chi connectivity index (χ4v) is 6.29. The molecule has 1 aromatic heterocycles. The van der Waals surface area contributed by atoms with E-state index in [0.717, 1.165) is 50.7 Å². The van der Waals surface area contributed by atoms with Crippen LogP contribution in [0.15, 0.2) is 28.9 Å². The molecule has 3 rings (SSSR count). The summed E-state index contributed by atoms with van der Waals surface area (Å²) >= 11 is 0. The van der Waals surface area contributed by atoms with Crippen molar-refractivity contribution in [2.24, 2.45) is 22.7 Å². The summed E-state index contributed by atoms with van der Waals surface area (Å²) in [6, 6.07) is 2.06. The lowest BCUT2D eigenvalue weighted by atomic mass is 9.46. The van der Waals surface area contributed by atoms with Crippen molar-refractivity contribution in [3.05, 3.63) is 35.8 Å². The van der Waals surface area contributed by atoms with Gasteiger partial charge in [0.05, 0.1) is 31.9 Å². The number of aryl methyl sites for hydroxylation is 1. The van der Waals surface area contributed by atoms with Crippen molar-refractivity contribution in [3.63, 3.8) is 0 Å². The van der Waals surface area contributed by atoms with Crippen LogP contribution in [-0.4, -0.2) is 31.3 Å². The van der Waals surface area contributed by atoms with E-state index in [1.54, 1.807) is 6.26 Å². The predicted octanol–water partition coefficient (Wildman–Crippen LogP) is 4.25. The maximum Gasteiger partial charge on any atom is 0.311 e. The van der Waals surface area contributed by atoms with E-state index in [1.807, 2.05) is 0 Å². The van der Waals surface area contributed by atoms with Gasteiger partial charge in [-0.3, -0.25) is 4.79 Å². The number of hydrogen-bond donors (Lipinski definition) is 2. The zero-order valence-corrected chi connectivity index (χ0v) is 18.3. The minimum absolute atomic E-state index is 0.0493. The molecule has 0 unspecified atom stereocenters. The third-order valence-electron chi connectivity index (χ3n) is 7.79. The highest BCUT2D eigenvalue weighted by Gasteiger charge is 2.57. The van der Waals surface area contributed by atoms with Crippen LogP contribution in [0.25, 0.3) is 0 Å². The van der Waals surface area contributed by atoms with Crippen LogP contribution >= 0.6 is 0 Å². The van der Waals surface area contributed by atoms with Crippen LogP contribution in [0.1, 0.15) is 63.7 Å². The summed E-state index contributed by atoms with van der Waals surface area (Å²) in [6.07, 6.45) is 8.85. The molecule has 29 heavy (non-hydrogen) atoms. The molecule has 0 radical (unpaired) electrons. The van der Waals surface area contributed by atoms with E-state index in [2.05, 4.69) is 31.8 Å². The van der Waals surface area contributed by atoms with Gasteiger partial charge in [-0.05, 0) is 74.3 Å². The predicted molar refractivity (Wildman–Crippen MR) is 113 cm³/mol. The van der Waals surface area contributed by atoms with Gasteiger partial charge >= 0.3 is 5.97 Å². The second kappa shape index (κ2) is 9.05. The molecule has 5 nitrogen and oxygen atoms in total. The Morgan fingerprint density at radius 3 is 2.93 bits per heavy atom. The Kier molecular flexibility index (Phi) is 6.90. The van der Waals surface area contributed by atoms with Gasteiger partial charge in [0.1, 0.15) is 5.76 Å². The Balaban J connectivity index is 1.76. The van der Waals surface area contributed by atoms with Crippen molar-refractivity contribution in [2.45, 2.75) is 65.3 Å². The van der Waals surface area contributed by atoms with Crippen molar-refractivity contribution in [1.29, 1.82) is 0 Å². The van der Waals surface area contributed by atoms with E-state index < -0.39 is 5.41 Å². The topological polar surface area (TPSA) is 71.7 Å². The molecule has 2 aliphatic rings. The van der Waals surface area contributed by atoms with Gasteiger partial charge in [-0.15, -0.1) is 0 Å². The zero-order valence-electron chi connectivity index (χ0n) is 18.3. The molecule has 2 saturated carbocycles. The molecule has 0 aromatic carbocycles. The van der Waals surface area contributed by atoms with Crippen molar-refractivity contribution >= 4 is 5.97 Å². The van der Waals surface area contributed by atoms with Gasteiger partial charge in [0, 0.05) is 6.54 Å². The molecule has 1 aromatic rings. The van der Waals surface area contributed by atoms with Gasteiger partial charge in [0.25, 0.3) is 0 Å². The summed E-state index contributed by atoms with van der Waals surface area (Å²) in [5.41, 5.74) is 2.24. The van der Waals surface area contributed by atoms with Gasteiger partial charge in [-0.2, -0.15) is 0 Å². The highest BCUT2D eigenvalue weighted by Crippen LogP contribution is 2.62. The smallest absolute Gasteiger partial charge is 0.311 e. The Labute approximate surface area is 174 Å². The first-order valence-electron chi connectivity index (χ1n) is 11.0. The van der Waals surface area contributed by atoms with Crippen LogP contribution in [-0.2, 0) is 22.5 Å². The Hall–Kier alpha value is -1.59. The zero-order chi connectivity index (χ0) is 21.1. The lowest BCUT2D eigenvalue weighted by Crippen LogP contribution is -2.53. The molecule has 0 amide bonds. The van der Waals surface area contributed by atoms with E-state index in [1.165, 1.54) is 18.2 Å². The highest BCUT2D eigenvalue weighted by molar-refractivity contribution is 5.77. The van der Waals surface area contributed by atoms with Gasteiger partial charge in [-0.25, -0.2) is 0 Å². The van der Waals surface area contributed by atoms with E-state index in [0.29, 0.717) is 24.9 Å². The fraction of sp³-hybridized carbons (Fsp3) is 0.708. The van der Waals surface area contributed by atoms with Crippen molar-refractivity contribution in [1.82, 2.24) is 5.32 Å². The summed E-state index contributed by atoms with van der Waals surface area (Å²) in [5.74, 6) is 1.64. The van der Waals surface area contributed by atoms with Crippen LogP contribution in [0.3, 0.4) is 0 Å². The molecule has 2 aliphatic carbocycles. The molecule has 0 aliphatic heterocycles. The third-order valence-corrected chi connectivity index (χ3v) is 7.79. The number of ether oxygens (including phenoxy) is 1. The first-order chi connectivity index (χ1) is 13.9. The number of aliphatic hydroxyl groups is 1. The molecule has 5 heteroatoms. The molecule has 0 spiro atoms. The van der Waals surface area contributed by atoms with Gasteiger partial charge < -0.3 is 19.6 Å². The number of fused-ring (bicyclic) bond motifs is 1. The summed E-state index contributed by atoms with van der Waals surface area (Å²) < 4.78 is 10.9. The number of furan rings is 1. The Morgan fingerprint density at radius 1 is 1.41 bits per heavy atom. The molecule has 2 fully saturated rings. The molecular formula is C24H37NO4. The molecule has 1 heterocycles. The van der Waals surface area contributed by atoms with Crippen LogP contribution in [0, 0.1) is 22.7 Å². The SMILES string of the molecule is C=C1CC[C@H]2[C@](C)(CCC[C@@]2(C)C(=O)OC)[C@H]1CCc1ccoc1CNCCO. The van der Waals surface area contributed by atoms with Gasteiger partial charge in [0.2, 0.25) is 0 Å². The standard InChI is InChI=1S/C24H37NO4/c1-17-6-9-21-23(2,11-5-12-24(21,3)22(27)28-4)19(17)8-7-18-10-15-29-20(18)16-25-13-14-26/h10,15,19,21,25-26H,1,5-9,11-14,16H2,2-4H3/t19-,21-,23+,24+/m0/s1. The molecular weight excluding hydrogens is 366 g/mol. The number of hydrogen-bond acceptors (Lipinski definition) is 5. The number of allylic oxidation sites excluding steroid dienone is 1. The van der Waals surface area contributed by atoms with E-state index in [-0.39, 0.29) is 18.0 Å². The van der Waals surface area contributed by atoms with Crippen molar-refractivity contribution in [2.75, 3.05) is 20.3 Å². The Bertz CT molecular complexity index is 726. The van der Waals surface area contributed by atoms with E-state index in [9.17, 15) is 4.79 Å². The lowest BCUT2D eigenvalue weighted by molar-refractivity contribution is -0.168. The molecule has 0 saturated heterocycles. The molecule has 4 atom stereocenters. The van der Waals surface area contributed by atoms with Crippen LogP contribution in [0.5, 0.6) is 0 Å². The highest BCUT2D eigenvalue weighted by atomic mass is 16.5. The number of carbonyl (C=O) groups excluding carboxylic acids is 1. The van der Waals surface area contributed by atoms with Crippen molar-refractivity contribution < 1.29 is 19.1 Å². The number of carbonyl (C=O) groups is 1. The Morgan fingerprint density at radius 2 is 2.21 bits per heavy atom. The van der Waals surface area contributed by atoms with Crippen LogP contribution < -0.4 is 5.32 Å². The number of aliphatic hydroxyl groups excluding tert-OH is 1. The molecule has 2 N–H and O–H groups in total. The minimum Gasteiger partial charge on any atom is -0.469 e. The number of esters is 1. The fourth-order valence-electron chi connectivity index (χ4n) is 6.29. The monoisotopic (exact) mass is 403 g/mol.